The smallest absolute Gasteiger partial charge is 0.274 e. The number of aromatic nitrogens is 2. The maximum absolute atomic E-state index is 13.3. The molecule has 2 aromatic carbocycles. The zero-order valence-electron chi connectivity index (χ0n) is 20.1. The number of nitrogens with one attached hydrogen (secondary N) is 1. The van der Waals surface area contributed by atoms with Crippen molar-refractivity contribution < 1.29 is 14.3 Å². The van der Waals surface area contributed by atoms with Crippen molar-refractivity contribution in [2.45, 2.75) is 25.9 Å². The molecular weight excluding hydrogens is 442 g/mol. The molecule has 0 spiro atoms. The zero-order chi connectivity index (χ0) is 24.2. The van der Waals surface area contributed by atoms with E-state index in [1.54, 1.807) is 7.11 Å². The molecule has 0 radical (unpaired) electrons. The number of nitrogens with zero attached hydrogens (tertiary/aromatic N) is 4. The van der Waals surface area contributed by atoms with Gasteiger partial charge in [0, 0.05) is 63.5 Å². The molecule has 3 heterocycles. The van der Waals surface area contributed by atoms with Crippen LogP contribution in [0.1, 0.15) is 32.9 Å². The SMILES string of the molecule is COc1ccc(CC(=O)N2CCc3[nH]nc(C(=O)N4CCN(Cc5ccccc5)CC4)c3C2)cc1. The molecule has 35 heavy (non-hydrogen) atoms. The first kappa shape index (κ1) is 23.1. The molecule has 1 N–H and O–H groups in total. The van der Waals surface area contributed by atoms with E-state index in [1.165, 1.54) is 5.56 Å². The maximum Gasteiger partial charge on any atom is 0.274 e. The van der Waals surface area contributed by atoms with Gasteiger partial charge >= 0.3 is 0 Å². The number of carbonyl (C=O) groups excluding carboxylic acids is 2. The number of benzene rings is 2. The molecule has 3 aromatic rings. The fourth-order valence-electron chi connectivity index (χ4n) is 4.82. The average molecular weight is 474 g/mol. The Bertz CT molecular complexity index is 1170. The normalized spacial score (nSPS) is 16.1. The average Bonchev–Trinajstić information content (AvgIpc) is 3.33. The highest BCUT2D eigenvalue weighted by Crippen LogP contribution is 2.23. The third kappa shape index (κ3) is 5.22. The molecule has 0 saturated carbocycles. The summed E-state index contributed by atoms with van der Waals surface area (Å²) >= 11 is 0. The number of hydrogen-bond acceptors (Lipinski definition) is 5. The highest BCUT2D eigenvalue weighted by Gasteiger charge is 2.31. The molecule has 1 saturated heterocycles. The van der Waals surface area contributed by atoms with Crippen LogP contribution in [0.2, 0.25) is 0 Å². The number of ether oxygens (including phenoxy) is 1. The largest absolute Gasteiger partial charge is 0.497 e. The number of carbonyl (C=O) groups is 2. The van der Waals surface area contributed by atoms with Crippen LogP contribution in [0.3, 0.4) is 0 Å². The van der Waals surface area contributed by atoms with E-state index in [0.717, 1.165) is 42.2 Å². The topological polar surface area (TPSA) is 81.8 Å². The first-order valence-corrected chi connectivity index (χ1v) is 12.1. The number of aromatic amines is 1. The zero-order valence-corrected chi connectivity index (χ0v) is 20.1. The third-order valence-corrected chi connectivity index (χ3v) is 6.91. The summed E-state index contributed by atoms with van der Waals surface area (Å²) in [5.74, 6) is 0.771. The molecule has 0 unspecified atom stereocenters. The number of piperazine rings is 1. The molecule has 182 valence electrons. The highest BCUT2D eigenvalue weighted by atomic mass is 16.5. The number of H-pyrrole nitrogens is 1. The van der Waals surface area contributed by atoms with Gasteiger partial charge in [-0.1, -0.05) is 42.5 Å². The van der Waals surface area contributed by atoms with Gasteiger partial charge in [-0.05, 0) is 23.3 Å². The van der Waals surface area contributed by atoms with Gasteiger partial charge in [-0.15, -0.1) is 0 Å². The summed E-state index contributed by atoms with van der Waals surface area (Å²) in [6, 6.07) is 18.0. The van der Waals surface area contributed by atoms with Gasteiger partial charge in [-0.25, -0.2) is 0 Å². The Morgan fingerprint density at radius 1 is 0.914 bits per heavy atom. The van der Waals surface area contributed by atoms with Crippen LogP contribution in [0.15, 0.2) is 54.6 Å². The van der Waals surface area contributed by atoms with Crippen LogP contribution in [0.5, 0.6) is 5.75 Å². The molecule has 0 aliphatic carbocycles. The monoisotopic (exact) mass is 473 g/mol. The molecule has 2 aliphatic heterocycles. The van der Waals surface area contributed by atoms with Crippen LogP contribution in [-0.4, -0.2) is 76.5 Å². The molecule has 0 bridgehead atoms. The Balaban J connectivity index is 1.19. The van der Waals surface area contributed by atoms with Gasteiger partial charge in [0.15, 0.2) is 5.69 Å². The van der Waals surface area contributed by atoms with Crippen LogP contribution in [-0.2, 0) is 30.7 Å². The van der Waals surface area contributed by atoms with Crippen molar-refractivity contribution in [2.75, 3.05) is 39.8 Å². The summed E-state index contributed by atoms with van der Waals surface area (Å²) < 4.78 is 5.19. The van der Waals surface area contributed by atoms with Gasteiger partial charge in [0.05, 0.1) is 13.5 Å². The van der Waals surface area contributed by atoms with Gasteiger partial charge in [-0.2, -0.15) is 5.10 Å². The second kappa shape index (κ2) is 10.3. The summed E-state index contributed by atoms with van der Waals surface area (Å²) in [6.45, 7) is 4.94. The van der Waals surface area contributed by atoms with Gasteiger partial charge in [0.2, 0.25) is 5.91 Å². The number of rotatable bonds is 6. The molecular formula is C27H31N5O3. The van der Waals surface area contributed by atoms with Crippen molar-refractivity contribution in [2.24, 2.45) is 0 Å². The molecule has 0 atom stereocenters. The van der Waals surface area contributed by atoms with Crippen molar-refractivity contribution in [1.82, 2.24) is 24.9 Å². The predicted molar refractivity (Wildman–Crippen MR) is 132 cm³/mol. The summed E-state index contributed by atoms with van der Waals surface area (Å²) in [5.41, 5.74) is 4.51. The third-order valence-electron chi connectivity index (χ3n) is 6.91. The van der Waals surface area contributed by atoms with Crippen LogP contribution in [0.25, 0.3) is 0 Å². The predicted octanol–water partition coefficient (Wildman–Crippen LogP) is 2.50. The second-order valence-corrected chi connectivity index (χ2v) is 9.17. The van der Waals surface area contributed by atoms with E-state index in [9.17, 15) is 9.59 Å². The van der Waals surface area contributed by atoms with E-state index < -0.39 is 0 Å². The lowest BCUT2D eigenvalue weighted by Crippen LogP contribution is -2.48. The highest BCUT2D eigenvalue weighted by molar-refractivity contribution is 5.94. The van der Waals surface area contributed by atoms with Crippen LogP contribution >= 0.6 is 0 Å². The Kier molecular flexibility index (Phi) is 6.81. The Morgan fingerprint density at radius 2 is 1.66 bits per heavy atom. The Morgan fingerprint density at radius 3 is 2.37 bits per heavy atom. The van der Waals surface area contributed by atoms with Crippen LogP contribution in [0.4, 0.5) is 0 Å². The summed E-state index contributed by atoms with van der Waals surface area (Å²) in [4.78, 5) is 32.4. The fourth-order valence-corrected chi connectivity index (χ4v) is 4.82. The molecule has 8 heteroatoms. The van der Waals surface area contributed by atoms with Gasteiger partial charge < -0.3 is 14.5 Å². The number of amides is 2. The van der Waals surface area contributed by atoms with E-state index >= 15 is 0 Å². The minimum atomic E-state index is -0.0497. The first-order valence-electron chi connectivity index (χ1n) is 12.1. The summed E-state index contributed by atoms with van der Waals surface area (Å²) in [6.07, 6.45) is 0.999. The molecule has 2 aliphatic rings. The van der Waals surface area contributed by atoms with Crippen molar-refractivity contribution in [3.05, 3.63) is 82.7 Å². The quantitative estimate of drug-likeness (QED) is 0.595. The molecule has 2 amide bonds. The van der Waals surface area contributed by atoms with Crippen molar-refractivity contribution in [3.63, 3.8) is 0 Å². The van der Waals surface area contributed by atoms with Crippen molar-refractivity contribution in [1.29, 1.82) is 0 Å². The lowest BCUT2D eigenvalue weighted by Gasteiger charge is -2.35. The minimum Gasteiger partial charge on any atom is -0.497 e. The van der Waals surface area contributed by atoms with Crippen molar-refractivity contribution >= 4 is 11.8 Å². The van der Waals surface area contributed by atoms with E-state index in [-0.39, 0.29) is 11.8 Å². The number of hydrogen-bond donors (Lipinski definition) is 1. The Hall–Kier alpha value is -3.65. The first-order chi connectivity index (χ1) is 17.1. The minimum absolute atomic E-state index is 0.0497. The van der Waals surface area contributed by atoms with Crippen LogP contribution < -0.4 is 4.74 Å². The Labute approximate surface area is 205 Å². The maximum atomic E-state index is 13.3. The van der Waals surface area contributed by atoms with Gasteiger partial charge in [0.1, 0.15) is 5.75 Å². The summed E-state index contributed by atoms with van der Waals surface area (Å²) in [7, 11) is 1.62. The van der Waals surface area contributed by atoms with Crippen LogP contribution in [0, 0.1) is 0 Å². The lowest BCUT2D eigenvalue weighted by atomic mass is 10.0. The summed E-state index contributed by atoms with van der Waals surface area (Å²) in [5, 5.41) is 7.42. The molecule has 5 rings (SSSR count). The van der Waals surface area contributed by atoms with E-state index in [2.05, 4.69) is 39.4 Å². The number of methoxy groups -OCH3 is 1. The van der Waals surface area contributed by atoms with E-state index in [0.29, 0.717) is 44.7 Å². The number of fused-ring (bicyclic) bond motifs is 1. The standard InChI is InChI=1S/C27H31N5O3/c1-35-22-9-7-20(8-10-22)17-25(33)32-12-11-24-23(19-32)26(29-28-24)27(34)31-15-13-30(14-16-31)18-21-5-3-2-4-6-21/h2-10H,11-19H2,1H3,(H,28,29). The second-order valence-electron chi connectivity index (χ2n) is 9.17. The van der Waals surface area contributed by atoms with Crippen molar-refractivity contribution in [3.8, 4) is 5.75 Å². The molecule has 1 aromatic heterocycles. The van der Waals surface area contributed by atoms with E-state index in [1.807, 2.05) is 40.1 Å². The lowest BCUT2D eigenvalue weighted by molar-refractivity contribution is -0.131. The molecule has 1 fully saturated rings. The van der Waals surface area contributed by atoms with Gasteiger partial charge in [-0.3, -0.25) is 19.6 Å². The van der Waals surface area contributed by atoms with Gasteiger partial charge in [0.25, 0.3) is 5.91 Å². The molecule has 8 nitrogen and oxygen atoms in total. The van der Waals surface area contributed by atoms with E-state index in [4.69, 9.17) is 4.74 Å². The fraction of sp³-hybridized carbons (Fsp3) is 0.370.